The van der Waals surface area contributed by atoms with E-state index in [9.17, 15) is 4.79 Å². The maximum Gasteiger partial charge on any atom is 0.274 e. The van der Waals surface area contributed by atoms with Crippen LogP contribution in [0.4, 0.5) is 0 Å². The molecule has 140 valence electrons. The first kappa shape index (κ1) is 18.3. The van der Waals surface area contributed by atoms with E-state index in [1.54, 1.807) is 14.0 Å². The molecule has 6 nitrogen and oxygen atoms in total. The number of aryl methyl sites for hydroxylation is 1. The molecule has 3 rings (SSSR count). The second-order valence-corrected chi connectivity index (χ2v) is 6.87. The maximum absolute atomic E-state index is 12.7. The minimum absolute atomic E-state index is 0.186. The minimum atomic E-state index is -0.186. The molecule has 1 N–H and O–H groups in total. The van der Waals surface area contributed by atoms with Gasteiger partial charge in [0.1, 0.15) is 23.9 Å². The van der Waals surface area contributed by atoms with Crippen molar-refractivity contribution >= 4 is 5.91 Å². The molecular weight excluding hydrogens is 332 g/mol. The van der Waals surface area contributed by atoms with Gasteiger partial charge >= 0.3 is 0 Å². The van der Waals surface area contributed by atoms with E-state index in [4.69, 9.17) is 14.0 Å². The summed E-state index contributed by atoms with van der Waals surface area (Å²) in [6.45, 7) is 4.20. The van der Waals surface area contributed by atoms with Gasteiger partial charge in [-0.2, -0.15) is 0 Å². The van der Waals surface area contributed by atoms with Crippen LogP contribution in [0.3, 0.4) is 0 Å². The number of benzene rings is 1. The van der Waals surface area contributed by atoms with Crippen molar-refractivity contribution in [1.82, 2.24) is 10.5 Å². The van der Waals surface area contributed by atoms with Crippen LogP contribution in [0.1, 0.15) is 54.4 Å². The first-order valence-corrected chi connectivity index (χ1v) is 9.11. The molecule has 2 unspecified atom stereocenters. The molecule has 1 aliphatic carbocycles. The number of ether oxygens (including phenoxy) is 2. The predicted octanol–water partition coefficient (Wildman–Crippen LogP) is 3.88. The lowest BCUT2D eigenvalue weighted by atomic mass is 9.86. The van der Waals surface area contributed by atoms with Gasteiger partial charge in [0.05, 0.1) is 12.7 Å². The highest BCUT2D eigenvalue weighted by molar-refractivity contribution is 5.94. The molecule has 0 saturated heterocycles. The van der Waals surface area contributed by atoms with Gasteiger partial charge in [0.2, 0.25) is 0 Å². The third kappa shape index (κ3) is 4.18. The van der Waals surface area contributed by atoms with Crippen LogP contribution in [0.2, 0.25) is 0 Å². The molecule has 2 aromatic rings. The van der Waals surface area contributed by atoms with Crippen molar-refractivity contribution in [2.45, 2.75) is 52.2 Å². The van der Waals surface area contributed by atoms with Crippen LogP contribution in [-0.4, -0.2) is 24.2 Å². The molecule has 0 radical (unpaired) electrons. The molecule has 0 aliphatic heterocycles. The van der Waals surface area contributed by atoms with Gasteiger partial charge in [-0.1, -0.05) is 24.9 Å². The Morgan fingerprint density at radius 1 is 1.23 bits per heavy atom. The van der Waals surface area contributed by atoms with Gasteiger partial charge in [-0.15, -0.1) is 0 Å². The molecule has 1 amide bonds. The van der Waals surface area contributed by atoms with Gasteiger partial charge in [-0.25, -0.2) is 0 Å². The first-order valence-electron chi connectivity index (χ1n) is 9.11. The Balaban J connectivity index is 1.66. The summed E-state index contributed by atoms with van der Waals surface area (Å²) in [5, 5.41) is 7.08. The zero-order valence-corrected chi connectivity index (χ0v) is 15.6. The molecule has 0 spiro atoms. The van der Waals surface area contributed by atoms with Gasteiger partial charge < -0.3 is 19.3 Å². The molecular formula is C20H26N2O4. The second kappa shape index (κ2) is 8.25. The zero-order valence-electron chi connectivity index (χ0n) is 15.6. The van der Waals surface area contributed by atoms with Crippen LogP contribution in [-0.2, 0) is 6.61 Å². The number of amides is 1. The number of hydrogen-bond acceptors (Lipinski definition) is 5. The third-order valence-electron chi connectivity index (χ3n) is 5.07. The summed E-state index contributed by atoms with van der Waals surface area (Å²) >= 11 is 0. The fraction of sp³-hybridized carbons (Fsp3) is 0.500. The average molecular weight is 358 g/mol. The van der Waals surface area contributed by atoms with Crippen LogP contribution in [0.5, 0.6) is 11.5 Å². The molecule has 1 aromatic carbocycles. The number of nitrogens with zero attached hydrogens (tertiary/aromatic N) is 1. The number of hydrogen-bond donors (Lipinski definition) is 1. The lowest BCUT2D eigenvalue weighted by Gasteiger charge is -2.29. The fourth-order valence-electron chi connectivity index (χ4n) is 3.33. The Kier molecular flexibility index (Phi) is 5.81. The Hall–Kier alpha value is -2.50. The largest absolute Gasteiger partial charge is 0.497 e. The summed E-state index contributed by atoms with van der Waals surface area (Å²) in [4.78, 5) is 12.7. The molecule has 1 aliphatic rings. The smallest absolute Gasteiger partial charge is 0.274 e. The predicted molar refractivity (Wildman–Crippen MR) is 97.5 cm³/mol. The average Bonchev–Trinajstić information content (AvgIpc) is 3.03. The van der Waals surface area contributed by atoms with Crippen LogP contribution >= 0.6 is 0 Å². The normalized spacial score (nSPS) is 19.8. The van der Waals surface area contributed by atoms with Crippen molar-refractivity contribution in [1.29, 1.82) is 0 Å². The Labute approximate surface area is 153 Å². The summed E-state index contributed by atoms with van der Waals surface area (Å²) in [6.07, 6.45) is 4.55. The van der Waals surface area contributed by atoms with Crippen LogP contribution < -0.4 is 14.8 Å². The Morgan fingerprint density at radius 3 is 2.62 bits per heavy atom. The highest BCUT2D eigenvalue weighted by atomic mass is 16.5. The first-order chi connectivity index (χ1) is 12.6. The van der Waals surface area contributed by atoms with Crippen LogP contribution in [0.15, 0.2) is 28.8 Å². The quantitative estimate of drug-likeness (QED) is 0.848. The lowest BCUT2D eigenvalue weighted by Crippen LogP contribution is -2.41. The fourth-order valence-corrected chi connectivity index (χ4v) is 3.33. The van der Waals surface area contributed by atoms with E-state index < -0.39 is 0 Å². The van der Waals surface area contributed by atoms with Crippen LogP contribution in [0, 0.1) is 12.8 Å². The SMILES string of the molecule is COc1ccc(OCc2c(C(=O)NC3CCCCC3C)noc2C)cc1. The molecule has 1 fully saturated rings. The van der Waals surface area contributed by atoms with Gasteiger partial charge in [0.15, 0.2) is 5.69 Å². The molecule has 2 atom stereocenters. The van der Waals surface area contributed by atoms with Crippen molar-refractivity contribution in [3.8, 4) is 11.5 Å². The van der Waals surface area contributed by atoms with Crippen molar-refractivity contribution in [3.63, 3.8) is 0 Å². The second-order valence-electron chi connectivity index (χ2n) is 6.87. The third-order valence-corrected chi connectivity index (χ3v) is 5.07. The zero-order chi connectivity index (χ0) is 18.5. The number of carbonyl (C=O) groups is 1. The van der Waals surface area contributed by atoms with E-state index in [0.29, 0.717) is 28.7 Å². The van der Waals surface area contributed by atoms with Crippen molar-refractivity contribution in [3.05, 3.63) is 41.3 Å². The van der Waals surface area contributed by atoms with Gasteiger partial charge in [-0.3, -0.25) is 4.79 Å². The topological polar surface area (TPSA) is 73.6 Å². The van der Waals surface area contributed by atoms with Crippen molar-refractivity contribution in [2.24, 2.45) is 5.92 Å². The highest BCUT2D eigenvalue weighted by Crippen LogP contribution is 2.25. The standard InChI is InChI=1S/C20H26N2O4/c1-13-6-4-5-7-18(13)21-20(23)19-17(14(2)26-22-19)12-25-16-10-8-15(24-3)9-11-16/h8-11,13,18H,4-7,12H2,1-3H3,(H,21,23). The number of carbonyl (C=O) groups excluding carboxylic acids is 1. The van der Waals surface area contributed by atoms with Crippen molar-refractivity contribution in [2.75, 3.05) is 7.11 Å². The number of aromatic nitrogens is 1. The maximum atomic E-state index is 12.7. The lowest BCUT2D eigenvalue weighted by molar-refractivity contribution is 0.0899. The summed E-state index contributed by atoms with van der Waals surface area (Å²) in [6, 6.07) is 7.50. The minimum Gasteiger partial charge on any atom is -0.497 e. The summed E-state index contributed by atoms with van der Waals surface area (Å²) in [7, 11) is 1.62. The molecule has 6 heteroatoms. The van der Waals surface area contributed by atoms with Gasteiger partial charge in [0.25, 0.3) is 5.91 Å². The van der Waals surface area contributed by atoms with Crippen LogP contribution in [0.25, 0.3) is 0 Å². The summed E-state index contributed by atoms with van der Waals surface area (Å²) in [5.74, 6) is 2.35. The number of rotatable bonds is 6. The summed E-state index contributed by atoms with van der Waals surface area (Å²) in [5.41, 5.74) is 0.996. The highest BCUT2D eigenvalue weighted by Gasteiger charge is 2.26. The van der Waals surface area contributed by atoms with Crippen molar-refractivity contribution < 1.29 is 18.8 Å². The Morgan fingerprint density at radius 2 is 1.92 bits per heavy atom. The van der Waals surface area contributed by atoms with E-state index in [2.05, 4.69) is 17.4 Å². The summed E-state index contributed by atoms with van der Waals surface area (Å²) < 4.78 is 16.2. The Bertz CT molecular complexity index is 739. The van der Waals surface area contributed by atoms with E-state index in [1.165, 1.54) is 6.42 Å². The van der Waals surface area contributed by atoms with E-state index in [0.717, 1.165) is 25.0 Å². The van der Waals surface area contributed by atoms with E-state index in [-0.39, 0.29) is 18.6 Å². The number of methoxy groups -OCH3 is 1. The number of nitrogens with one attached hydrogen (secondary N) is 1. The van der Waals surface area contributed by atoms with E-state index >= 15 is 0 Å². The molecule has 26 heavy (non-hydrogen) atoms. The molecule has 0 bridgehead atoms. The van der Waals surface area contributed by atoms with Gasteiger partial charge in [0, 0.05) is 6.04 Å². The molecule has 1 saturated carbocycles. The molecule has 1 heterocycles. The monoisotopic (exact) mass is 358 g/mol. The van der Waals surface area contributed by atoms with E-state index in [1.807, 2.05) is 24.3 Å². The molecule has 1 aromatic heterocycles. The van der Waals surface area contributed by atoms with Gasteiger partial charge in [-0.05, 0) is 49.9 Å².